The number of benzene rings is 2. The smallest absolute Gasteiger partial charge is 0.307 e. The van der Waals surface area contributed by atoms with Gasteiger partial charge in [0, 0.05) is 65.0 Å². The van der Waals surface area contributed by atoms with E-state index in [-0.39, 0.29) is 70.0 Å². The van der Waals surface area contributed by atoms with Gasteiger partial charge < -0.3 is 48.9 Å². The summed E-state index contributed by atoms with van der Waals surface area (Å²) in [7, 11) is -7.99. The summed E-state index contributed by atoms with van der Waals surface area (Å²) in [4.78, 5) is 140. The quantitative estimate of drug-likeness (QED) is 0.0433. The molecule has 28 nitrogen and oxygen atoms in total. The molecule has 0 radical (unpaired) electrons. The van der Waals surface area contributed by atoms with Crippen molar-refractivity contribution in [1.82, 2.24) is 44.7 Å². The van der Waals surface area contributed by atoms with Crippen LogP contribution in [0.3, 0.4) is 0 Å². The molecule has 0 bridgehead atoms. The van der Waals surface area contributed by atoms with Gasteiger partial charge in [0.2, 0.25) is 43.7 Å². The molecule has 30 heteroatoms. The van der Waals surface area contributed by atoms with E-state index >= 15 is 0 Å². The number of piperidine rings is 1. The highest BCUT2D eigenvalue weighted by Gasteiger charge is 2.66. The van der Waals surface area contributed by atoms with E-state index in [9.17, 15) is 60.0 Å². The molecule has 7 aliphatic heterocycles. The minimum Gasteiger partial charge on any atom is -0.492 e. The average Bonchev–Trinajstić information content (AvgIpc) is 1.56. The van der Waals surface area contributed by atoms with Gasteiger partial charge in [0.15, 0.2) is 6.29 Å². The number of aryl methyl sites for hydroxylation is 4. The number of carbonyl (C=O) groups excluding carboxylic acids is 9. The highest BCUT2D eigenvalue weighted by molar-refractivity contribution is 7.92. The highest BCUT2D eigenvalue weighted by Crippen LogP contribution is 2.53. The Bertz CT molecular complexity index is 4960. The molecule has 119 heavy (non-hydrogen) atoms. The summed E-state index contributed by atoms with van der Waals surface area (Å²) >= 11 is 0. The summed E-state index contributed by atoms with van der Waals surface area (Å²) in [5, 5.41) is 7.69. The lowest BCUT2D eigenvalue weighted by Crippen LogP contribution is -2.57. The average molecular weight is 1680 g/mol. The van der Waals surface area contributed by atoms with Crippen LogP contribution in [0.5, 0.6) is 23.0 Å². The van der Waals surface area contributed by atoms with Crippen LogP contribution in [-0.2, 0) is 85.5 Å². The van der Waals surface area contributed by atoms with Gasteiger partial charge in [0.1, 0.15) is 81.8 Å². The van der Waals surface area contributed by atoms with Gasteiger partial charge in [-0.15, -0.1) is 0 Å². The lowest BCUT2D eigenvalue weighted by atomic mass is 9.87. The third-order valence-electron chi connectivity index (χ3n) is 26.2. The second-order valence-corrected chi connectivity index (χ2v) is 42.4. The number of allylic oxidation sites excluding steroid dienone is 2. The molecular weight excluding hydrogens is 1560 g/mol. The fourth-order valence-electron chi connectivity index (χ4n) is 18.6. The predicted octanol–water partition coefficient (Wildman–Crippen LogP) is 10.3. The first kappa shape index (κ1) is 86.6. The number of rotatable bonds is 17. The molecule has 4 N–H and O–H groups in total. The fourth-order valence-corrected chi connectivity index (χ4v) is 21.2. The second-order valence-electron chi connectivity index (χ2n) is 38.0. The molecule has 2 aromatic heterocycles. The molecule has 6 amide bonds. The van der Waals surface area contributed by atoms with Crippen molar-refractivity contribution in [3.63, 3.8) is 0 Å². The number of nitrogens with zero attached hydrogens (tertiary/aromatic N) is 5. The zero-order valence-corrected chi connectivity index (χ0v) is 72.3. The summed E-state index contributed by atoms with van der Waals surface area (Å²) in [6.07, 6.45) is 23.2. The number of esters is 2. The summed E-state index contributed by atoms with van der Waals surface area (Å²) in [5.74, 6) is -4.35. The number of likely N-dealkylation sites (tertiary alicyclic amines) is 1. The molecule has 11 aliphatic rings. The van der Waals surface area contributed by atoms with Crippen LogP contribution in [0.25, 0.3) is 21.8 Å². The van der Waals surface area contributed by atoms with Crippen molar-refractivity contribution >= 4 is 95.5 Å². The fraction of sp³-hybridized carbons (Fsp3) is 0.652. The first-order valence-electron chi connectivity index (χ1n) is 43.1. The Morgan fingerprint density at radius 3 is 1.40 bits per heavy atom. The summed E-state index contributed by atoms with van der Waals surface area (Å²) in [6, 6.07) is 9.23. The van der Waals surface area contributed by atoms with E-state index in [0.29, 0.717) is 125 Å². The molecule has 4 aromatic rings. The number of aldehydes is 1. The van der Waals surface area contributed by atoms with E-state index in [1.54, 1.807) is 66.4 Å². The number of nitrogens with one attached hydrogen (secondary N) is 4. The monoisotopic (exact) mass is 1680 g/mol. The van der Waals surface area contributed by atoms with Crippen LogP contribution in [0.2, 0.25) is 0 Å². The Morgan fingerprint density at radius 1 is 0.571 bits per heavy atom. The largest absolute Gasteiger partial charge is 0.492 e. The summed E-state index contributed by atoms with van der Waals surface area (Å²) in [6.45, 7) is 21.3. The number of hydrogen-bond donors (Lipinski definition) is 4. The Balaban J connectivity index is 0.000000196. The van der Waals surface area contributed by atoms with Crippen LogP contribution < -0.4 is 39.0 Å². The van der Waals surface area contributed by atoms with Crippen molar-refractivity contribution in [3.8, 4) is 23.0 Å². The molecule has 7 fully saturated rings. The Hall–Kier alpha value is -8.77. The molecule has 4 saturated carbocycles. The Kier molecular flexibility index (Phi) is 24.4. The van der Waals surface area contributed by atoms with Crippen LogP contribution in [-0.4, -0.2) is 196 Å². The van der Waals surface area contributed by atoms with E-state index in [2.05, 4.69) is 25.0 Å². The molecule has 2 spiro atoms. The molecule has 9 heterocycles. The lowest BCUT2D eigenvalue weighted by Gasteiger charge is -2.36. The third kappa shape index (κ3) is 19.0. The van der Waals surface area contributed by atoms with Crippen molar-refractivity contribution in [1.29, 1.82) is 0 Å². The Morgan fingerprint density at radius 2 is 0.992 bits per heavy atom. The van der Waals surface area contributed by atoms with Crippen molar-refractivity contribution < 1.29 is 88.4 Å². The second kappa shape index (κ2) is 33.6. The number of sulfonamides is 2. The molecule has 4 aliphatic carbocycles. The number of carbonyl (C=O) groups is 9. The van der Waals surface area contributed by atoms with Crippen LogP contribution >= 0.6 is 0 Å². The number of aromatic nitrogens is 2. The molecule has 10 atom stereocenters. The zero-order chi connectivity index (χ0) is 85.0. The maximum atomic E-state index is 14.9. The van der Waals surface area contributed by atoms with Crippen LogP contribution in [0.15, 0.2) is 60.7 Å². The predicted molar refractivity (Wildman–Crippen MR) is 444 cm³/mol. The van der Waals surface area contributed by atoms with Gasteiger partial charge in [-0.05, 0) is 234 Å². The SMILES string of the molecule is Cc1nc2ccc(OCC=O)cc2c2c1O[C@]1(CC2)C[C@H]2C(=O)N[C@]3(C(=O)NS(=O)(=O)C4(C)CC4)C[C@H]3/C=C\CCCCC[C@H](CC(=O)OC(C)(C)C)C(=O)N2C1.Cc1nc2ccc(OCCN3CCCCC3)cc2c2c1O[C@]1(CC2)C[C@H]2C(=O)N[C@]3(C(=O)NS(=O)(=O)C4(C)CC4)C[C@H]3/C=C\CCCCC[C@H](CC(=O)OC(C)(C)C)C(=O)N2C1. The van der Waals surface area contributed by atoms with Gasteiger partial charge in [-0.3, -0.25) is 57.5 Å². The normalized spacial score (nSPS) is 29.3. The molecule has 0 unspecified atom stereocenters. The van der Waals surface area contributed by atoms with Crippen LogP contribution in [0.1, 0.15) is 238 Å². The van der Waals surface area contributed by atoms with Gasteiger partial charge in [0.05, 0.1) is 57.8 Å². The van der Waals surface area contributed by atoms with E-state index in [1.165, 1.54) is 24.2 Å². The van der Waals surface area contributed by atoms with Crippen LogP contribution in [0, 0.1) is 37.5 Å². The van der Waals surface area contributed by atoms with Crippen molar-refractivity contribution in [2.75, 3.05) is 45.9 Å². The number of fused-ring (bicyclic) bond motifs is 10. The minimum atomic E-state index is -4.00. The molecular formula is C89H119N9O19S2. The van der Waals surface area contributed by atoms with Gasteiger partial charge in [-0.2, -0.15) is 0 Å². The standard InChI is InChI=1S/C47H65N5O9S.C42H54N4O10S/c1-31-40-35(36-27-34(16-17-37(36)48-31)59-25-24-51-22-12-9-13-23-51)18-19-46(61-40)29-38-41(54)49-47(43(56)50-62(57,58)45(5)20-21-45)28-33(47)15-11-8-6-7-10-14-32(42(55)52(38)30-46)26-39(53)60-44(2,3)4;1-26-35-30(31-22-29(54-20-19-47)13-14-32(31)43-26)15-16-41(56-35)24-33-36(49)44-42(38(51)45-57(52,53)40(5)17-18-40)23-28(42)12-10-8-6-7-9-11-27(37(50)46(33)25-41)21-34(48)55-39(2,3)4/h11,15-17,27,32-33,38H,6-10,12-14,18-26,28-30H2,1-5H3,(H,49,54)(H,50,56);10,12-14,19,22,27-28,33H,6-9,11,15-18,20-21,23-25H2,1-5H3,(H,44,49)(H,45,51)/b15-11-;12-10-/t32-,33-,38+,46-,47-;27-,28-,33+,41-,42-/m11/s1. The maximum Gasteiger partial charge on any atom is 0.307 e. The van der Waals surface area contributed by atoms with Crippen molar-refractivity contribution in [2.24, 2.45) is 23.7 Å². The van der Waals surface area contributed by atoms with Crippen molar-refractivity contribution in [3.05, 3.63) is 83.2 Å². The molecule has 2 aromatic carbocycles. The molecule has 3 saturated heterocycles. The highest BCUT2D eigenvalue weighted by atomic mass is 32.2. The molecule has 646 valence electrons. The number of pyridine rings is 2. The minimum absolute atomic E-state index is 0.0450. The topological polar surface area (TPSA) is 361 Å². The van der Waals surface area contributed by atoms with Gasteiger partial charge >= 0.3 is 11.9 Å². The Labute approximate surface area is 698 Å². The maximum absolute atomic E-state index is 14.9. The van der Waals surface area contributed by atoms with E-state index in [0.717, 1.165) is 90.4 Å². The number of ether oxygens (including phenoxy) is 6. The summed E-state index contributed by atoms with van der Waals surface area (Å²) < 4.78 is 92.7. The summed E-state index contributed by atoms with van der Waals surface area (Å²) in [5.41, 5.74) is -1.72. The number of hydrogen-bond acceptors (Lipinski definition) is 22. The van der Waals surface area contributed by atoms with E-state index in [1.807, 2.05) is 68.5 Å². The van der Waals surface area contributed by atoms with Gasteiger partial charge in [-0.25, -0.2) is 26.8 Å². The molecule has 15 rings (SSSR count). The first-order chi connectivity index (χ1) is 56.3. The van der Waals surface area contributed by atoms with Crippen LogP contribution in [0.4, 0.5) is 0 Å². The van der Waals surface area contributed by atoms with Crippen molar-refractivity contribution in [2.45, 2.75) is 298 Å². The van der Waals surface area contributed by atoms with E-state index in [4.69, 9.17) is 38.4 Å². The van der Waals surface area contributed by atoms with E-state index < -0.39 is 134 Å². The zero-order valence-electron chi connectivity index (χ0n) is 70.7. The van der Waals surface area contributed by atoms with Gasteiger partial charge in [0.25, 0.3) is 11.8 Å². The first-order valence-corrected chi connectivity index (χ1v) is 46.1. The van der Waals surface area contributed by atoms with Gasteiger partial charge in [-0.1, -0.05) is 56.4 Å². The lowest BCUT2D eigenvalue weighted by molar-refractivity contribution is -0.159. The third-order valence-corrected chi connectivity index (χ3v) is 30.5. The number of amides is 6.